The number of sulfonamides is 1. The molecule has 1 heterocycles. The van der Waals surface area contributed by atoms with Gasteiger partial charge < -0.3 is 5.73 Å². The van der Waals surface area contributed by atoms with Gasteiger partial charge in [0.05, 0.1) is 0 Å². The van der Waals surface area contributed by atoms with E-state index in [1.54, 1.807) is 0 Å². The summed E-state index contributed by atoms with van der Waals surface area (Å²) in [4.78, 5) is 3.89. The highest BCUT2D eigenvalue weighted by Gasteiger charge is 2.29. The van der Waals surface area contributed by atoms with Gasteiger partial charge in [-0.25, -0.2) is 18.1 Å². The summed E-state index contributed by atoms with van der Waals surface area (Å²) in [7, 11) is -3.60. The molecule has 0 saturated heterocycles. The summed E-state index contributed by atoms with van der Waals surface area (Å²) in [5.74, 6) is 0.387. The molecule has 3 N–H and O–H groups in total. The zero-order valence-corrected chi connectivity index (χ0v) is 12.5. The highest BCUT2D eigenvalue weighted by Crippen LogP contribution is 2.27. The Labute approximate surface area is 115 Å². The molecule has 2 atom stereocenters. The van der Waals surface area contributed by atoms with Gasteiger partial charge in [0.25, 0.3) is 0 Å². The molecule has 0 radical (unpaired) electrons. The molecule has 0 bridgehead atoms. The van der Waals surface area contributed by atoms with E-state index in [1.165, 1.54) is 12.3 Å². The molecule has 0 aliphatic heterocycles. The number of rotatable bonds is 3. The molecule has 1 aromatic heterocycles. The summed E-state index contributed by atoms with van der Waals surface area (Å²) in [5.41, 5.74) is 5.63. The Kier molecular flexibility index (Phi) is 3.93. The monoisotopic (exact) mass is 333 g/mol. The number of anilines is 1. The second-order valence-electron chi connectivity index (χ2n) is 4.67. The van der Waals surface area contributed by atoms with Gasteiger partial charge in [-0.1, -0.05) is 13.3 Å². The van der Waals surface area contributed by atoms with Crippen molar-refractivity contribution in [3.05, 3.63) is 16.7 Å². The molecule has 100 valence electrons. The molecule has 1 saturated carbocycles. The zero-order valence-electron chi connectivity index (χ0n) is 10.1. The van der Waals surface area contributed by atoms with Crippen molar-refractivity contribution >= 4 is 31.8 Å². The fourth-order valence-corrected chi connectivity index (χ4v) is 4.20. The van der Waals surface area contributed by atoms with E-state index in [2.05, 4.69) is 32.6 Å². The number of hydrogen-bond acceptors (Lipinski definition) is 4. The highest BCUT2D eigenvalue weighted by molar-refractivity contribution is 9.10. The quantitative estimate of drug-likeness (QED) is 0.884. The average molecular weight is 334 g/mol. The maximum atomic E-state index is 12.3. The second-order valence-corrected chi connectivity index (χ2v) is 7.27. The van der Waals surface area contributed by atoms with Crippen LogP contribution < -0.4 is 10.5 Å². The van der Waals surface area contributed by atoms with Crippen LogP contribution in [0.4, 0.5) is 5.82 Å². The molecule has 2 rings (SSSR count). The minimum Gasteiger partial charge on any atom is -0.383 e. The molecule has 1 aliphatic carbocycles. The van der Waals surface area contributed by atoms with Crippen LogP contribution in [0.3, 0.4) is 0 Å². The van der Waals surface area contributed by atoms with Gasteiger partial charge in [0.15, 0.2) is 0 Å². The third kappa shape index (κ3) is 2.84. The van der Waals surface area contributed by atoms with Crippen molar-refractivity contribution in [2.45, 2.75) is 37.1 Å². The third-order valence-electron chi connectivity index (χ3n) is 3.31. The summed E-state index contributed by atoms with van der Waals surface area (Å²) < 4.78 is 27.8. The standard InChI is InChI=1S/C11H16BrN3O2S/c1-7-3-2-4-9(7)15-18(16,17)10-5-8(12)6-14-11(10)13/h5-7,9,15H,2-4H2,1H3,(H2,13,14). The smallest absolute Gasteiger partial charge is 0.244 e. The Morgan fingerprint density at radius 3 is 2.83 bits per heavy atom. The lowest BCUT2D eigenvalue weighted by Crippen LogP contribution is -2.36. The first-order valence-electron chi connectivity index (χ1n) is 5.83. The van der Waals surface area contributed by atoms with Crippen LogP contribution in [-0.4, -0.2) is 19.4 Å². The van der Waals surface area contributed by atoms with Crippen molar-refractivity contribution in [2.24, 2.45) is 5.92 Å². The van der Waals surface area contributed by atoms with Gasteiger partial charge >= 0.3 is 0 Å². The fraction of sp³-hybridized carbons (Fsp3) is 0.545. The molecule has 5 nitrogen and oxygen atoms in total. The Hall–Kier alpha value is -0.660. The van der Waals surface area contributed by atoms with Gasteiger partial charge in [-0.05, 0) is 40.8 Å². The van der Waals surface area contributed by atoms with Crippen molar-refractivity contribution in [1.29, 1.82) is 0 Å². The van der Waals surface area contributed by atoms with Crippen molar-refractivity contribution in [3.8, 4) is 0 Å². The predicted molar refractivity (Wildman–Crippen MR) is 73.5 cm³/mol. The molecule has 18 heavy (non-hydrogen) atoms. The Morgan fingerprint density at radius 2 is 2.22 bits per heavy atom. The van der Waals surface area contributed by atoms with Crippen LogP contribution in [0.5, 0.6) is 0 Å². The lowest BCUT2D eigenvalue weighted by atomic mass is 10.1. The van der Waals surface area contributed by atoms with Crippen molar-refractivity contribution in [3.63, 3.8) is 0 Å². The number of nitrogens with one attached hydrogen (secondary N) is 1. The number of nitrogen functional groups attached to an aromatic ring is 1. The average Bonchev–Trinajstić information content (AvgIpc) is 2.67. The predicted octanol–water partition coefficient (Wildman–Crippen LogP) is 1.89. The van der Waals surface area contributed by atoms with E-state index in [0.717, 1.165) is 19.3 Å². The molecule has 1 aliphatic rings. The van der Waals surface area contributed by atoms with E-state index in [0.29, 0.717) is 10.4 Å². The first kappa shape index (κ1) is 13.8. The number of aromatic nitrogens is 1. The number of halogens is 1. The van der Waals surface area contributed by atoms with Gasteiger partial charge in [-0.2, -0.15) is 0 Å². The van der Waals surface area contributed by atoms with E-state index in [9.17, 15) is 8.42 Å². The highest BCUT2D eigenvalue weighted by atomic mass is 79.9. The lowest BCUT2D eigenvalue weighted by molar-refractivity contribution is 0.476. The minimum absolute atomic E-state index is 0.00613. The van der Waals surface area contributed by atoms with E-state index in [4.69, 9.17) is 5.73 Å². The van der Waals surface area contributed by atoms with Crippen LogP contribution in [0.15, 0.2) is 21.6 Å². The normalized spacial score (nSPS) is 24.3. The zero-order chi connectivity index (χ0) is 13.3. The molecule has 7 heteroatoms. The second kappa shape index (κ2) is 5.14. The SMILES string of the molecule is CC1CCCC1NS(=O)(=O)c1cc(Br)cnc1N. The van der Waals surface area contributed by atoms with Gasteiger partial charge in [0.1, 0.15) is 10.7 Å². The van der Waals surface area contributed by atoms with Crippen molar-refractivity contribution in [1.82, 2.24) is 9.71 Å². The molecule has 2 unspecified atom stereocenters. The summed E-state index contributed by atoms with van der Waals surface area (Å²) in [6.07, 6.45) is 4.47. The topological polar surface area (TPSA) is 85.1 Å². The molecular weight excluding hydrogens is 318 g/mol. The maximum Gasteiger partial charge on any atom is 0.244 e. The molecule has 1 aromatic rings. The first-order chi connectivity index (χ1) is 8.40. The molecule has 0 spiro atoms. The number of nitrogens with zero attached hydrogens (tertiary/aromatic N) is 1. The van der Waals surface area contributed by atoms with Crippen LogP contribution in [0.25, 0.3) is 0 Å². The van der Waals surface area contributed by atoms with Gasteiger partial charge in [0.2, 0.25) is 10.0 Å². The Balaban J connectivity index is 2.28. The third-order valence-corrected chi connectivity index (χ3v) is 5.26. The van der Waals surface area contributed by atoms with Crippen LogP contribution in [0.1, 0.15) is 26.2 Å². The van der Waals surface area contributed by atoms with E-state index < -0.39 is 10.0 Å². The largest absolute Gasteiger partial charge is 0.383 e. The Morgan fingerprint density at radius 1 is 1.50 bits per heavy atom. The first-order valence-corrected chi connectivity index (χ1v) is 8.11. The van der Waals surface area contributed by atoms with Crippen molar-refractivity contribution in [2.75, 3.05) is 5.73 Å². The fourth-order valence-electron chi connectivity index (χ4n) is 2.23. The Bertz CT molecular complexity index is 547. The molecule has 1 fully saturated rings. The minimum atomic E-state index is -3.60. The van der Waals surface area contributed by atoms with Crippen LogP contribution in [0.2, 0.25) is 0 Å². The molecule has 0 aromatic carbocycles. The van der Waals surface area contributed by atoms with Crippen LogP contribution in [-0.2, 0) is 10.0 Å². The summed E-state index contributed by atoms with van der Waals surface area (Å²) in [6.45, 7) is 2.06. The van der Waals surface area contributed by atoms with Crippen molar-refractivity contribution < 1.29 is 8.42 Å². The summed E-state index contributed by atoms with van der Waals surface area (Å²) in [5, 5.41) is 0. The van der Waals surface area contributed by atoms with E-state index in [1.807, 2.05) is 0 Å². The number of pyridine rings is 1. The molecule has 0 amide bonds. The van der Waals surface area contributed by atoms with E-state index in [-0.39, 0.29) is 16.8 Å². The van der Waals surface area contributed by atoms with Gasteiger partial charge in [-0.15, -0.1) is 0 Å². The molecular formula is C11H16BrN3O2S. The van der Waals surface area contributed by atoms with Crippen LogP contribution >= 0.6 is 15.9 Å². The summed E-state index contributed by atoms with van der Waals surface area (Å²) in [6, 6.07) is 1.47. The van der Waals surface area contributed by atoms with E-state index >= 15 is 0 Å². The maximum absolute atomic E-state index is 12.3. The number of nitrogens with two attached hydrogens (primary N) is 1. The summed E-state index contributed by atoms with van der Waals surface area (Å²) >= 11 is 3.20. The van der Waals surface area contributed by atoms with Crippen LogP contribution in [0, 0.1) is 5.92 Å². The lowest BCUT2D eigenvalue weighted by Gasteiger charge is -2.17. The van der Waals surface area contributed by atoms with Gasteiger partial charge in [-0.3, -0.25) is 0 Å². The van der Waals surface area contributed by atoms with Gasteiger partial charge in [0, 0.05) is 16.7 Å². The number of hydrogen-bond donors (Lipinski definition) is 2.